The zero-order chi connectivity index (χ0) is 12.1. The van der Waals surface area contributed by atoms with Crippen LogP contribution in [0.15, 0.2) is 0 Å². The predicted octanol–water partition coefficient (Wildman–Crippen LogP) is 3.29. The normalized spacial score (nSPS) is 12.9. The molecule has 2 N–H and O–H groups in total. The molecule has 0 heterocycles. The van der Waals surface area contributed by atoms with Crippen LogP contribution in [0.25, 0.3) is 0 Å². The molecule has 0 unspecified atom stereocenters. The molecule has 0 spiro atoms. The van der Waals surface area contributed by atoms with Gasteiger partial charge in [-0.15, -0.1) is 0 Å². The van der Waals surface area contributed by atoms with Crippen molar-refractivity contribution in [3.63, 3.8) is 0 Å². The van der Waals surface area contributed by atoms with E-state index in [4.69, 9.17) is 5.73 Å². The lowest BCUT2D eigenvalue weighted by atomic mass is 9.71. The smallest absolute Gasteiger partial charge is 0.140 e. The van der Waals surface area contributed by atoms with E-state index < -0.39 is 11.0 Å². The highest BCUT2D eigenvalue weighted by Crippen LogP contribution is 2.31. The van der Waals surface area contributed by atoms with Crippen molar-refractivity contribution < 1.29 is 4.79 Å². The third-order valence-electron chi connectivity index (χ3n) is 3.57. The summed E-state index contributed by atoms with van der Waals surface area (Å²) in [6, 6.07) is 0. The van der Waals surface area contributed by atoms with Gasteiger partial charge in [-0.05, 0) is 20.3 Å². The van der Waals surface area contributed by atoms with Gasteiger partial charge in [-0.1, -0.05) is 40.0 Å². The molecule has 0 saturated carbocycles. The van der Waals surface area contributed by atoms with Crippen molar-refractivity contribution in [1.29, 1.82) is 0 Å². The number of Topliss-reactive ketones (excluding diaryl/α,β-unsaturated/α-hetero) is 1. The number of carbonyl (C=O) groups excluding carboxylic acids is 1. The summed E-state index contributed by atoms with van der Waals surface area (Å²) >= 11 is 0. The fraction of sp³-hybridized carbons (Fsp3) is 0.923. The van der Waals surface area contributed by atoms with E-state index in [9.17, 15) is 4.79 Å². The number of hydrogen-bond donors (Lipinski definition) is 1. The molecule has 15 heavy (non-hydrogen) atoms. The van der Waals surface area contributed by atoms with Crippen molar-refractivity contribution in [2.45, 2.75) is 72.3 Å². The van der Waals surface area contributed by atoms with Crippen molar-refractivity contribution in [3.8, 4) is 0 Å². The summed E-state index contributed by atoms with van der Waals surface area (Å²) < 4.78 is 0. The molecule has 0 amide bonds. The molecule has 90 valence electrons. The van der Waals surface area contributed by atoms with Gasteiger partial charge in [-0.3, -0.25) is 4.79 Å². The van der Waals surface area contributed by atoms with Crippen molar-refractivity contribution in [1.82, 2.24) is 0 Å². The number of unbranched alkanes of at least 4 members (excludes halogenated alkanes) is 3. The molecule has 0 aromatic carbocycles. The van der Waals surface area contributed by atoms with Crippen LogP contribution < -0.4 is 5.73 Å². The van der Waals surface area contributed by atoms with E-state index in [2.05, 4.69) is 6.92 Å². The summed E-state index contributed by atoms with van der Waals surface area (Å²) in [4.78, 5) is 12.0. The van der Waals surface area contributed by atoms with Crippen LogP contribution >= 0.6 is 0 Å². The second kappa shape index (κ2) is 5.64. The second-order valence-corrected chi connectivity index (χ2v) is 5.58. The van der Waals surface area contributed by atoms with Crippen LogP contribution in [0.2, 0.25) is 0 Å². The third-order valence-corrected chi connectivity index (χ3v) is 3.57. The largest absolute Gasteiger partial charge is 0.325 e. The van der Waals surface area contributed by atoms with Crippen LogP contribution in [0, 0.1) is 5.41 Å². The van der Waals surface area contributed by atoms with Crippen LogP contribution in [-0.4, -0.2) is 11.3 Å². The highest BCUT2D eigenvalue weighted by Gasteiger charge is 2.39. The van der Waals surface area contributed by atoms with Gasteiger partial charge >= 0.3 is 0 Å². The highest BCUT2D eigenvalue weighted by molar-refractivity contribution is 5.85. The van der Waals surface area contributed by atoms with Crippen LogP contribution in [-0.2, 0) is 4.79 Å². The summed E-state index contributed by atoms with van der Waals surface area (Å²) in [5, 5.41) is 0. The highest BCUT2D eigenvalue weighted by atomic mass is 16.1. The van der Waals surface area contributed by atoms with Crippen molar-refractivity contribution in [2.75, 3.05) is 0 Å². The van der Waals surface area contributed by atoms with E-state index >= 15 is 0 Å². The first kappa shape index (κ1) is 14.6. The average molecular weight is 213 g/mol. The first-order valence-corrected chi connectivity index (χ1v) is 6.05. The number of hydrogen-bond acceptors (Lipinski definition) is 2. The Morgan fingerprint density at radius 1 is 1.07 bits per heavy atom. The zero-order valence-electron chi connectivity index (χ0n) is 11.0. The molecule has 0 radical (unpaired) electrons. The predicted molar refractivity (Wildman–Crippen MR) is 65.8 cm³/mol. The third kappa shape index (κ3) is 4.33. The minimum absolute atomic E-state index is 0.297. The quantitative estimate of drug-likeness (QED) is 0.659. The van der Waals surface area contributed by atoms with Gasteiger partial charge < -0.3 is 5.73 Å². The van der Waals surface area contributed by atoms with Crippen molar-refractivity contribution in [2.24, 2.45) is 11.1 Å². The van der Waals surface area contributed by atoms with Crippen molar-refractivity contribution >= 4 is 5.78 Å². The lowest BCUT2D eigenvalue weighted by Crippen LogP contribution is -2.51. The fourth-order valence-electron chi connectivity index (χ4n) is 1.38. The first-order chi connectivity index (χ1) is 6.73. The number of carbonyl (C=O) groups is 1. The Labute approximate surface area is 94.6 Å². The van der Waals surface area contributed by atoms with Gasteiger partial charge in [0.25, 0.3) is 0 Å². The first-order valence-electron chi connectivity index (χ1n) is 6.05. The maximum Gasteiger partial charge on any atom is 0.140 e. The maximum absolute atomic E-state index is 12.0. The van der Waals surface area contributed by atoms with Gasteiger partial charge in [-0.2, -0.15) is 0 Å². The molecule has 2 heteroatoms. The Morgan fingerprint density at radius 3 is 2.00 bits per heavy atom. The Kier molecular flexibility index (Phi) is 5.50. The number of ketones is 1. The number of rotatable bonds is 7. The zero-order valence-corrected chi connectivity index (χ0v) is 11.0. The summed E-state index contributed by atoms with van der Waals surface area (Å²) in [5.74, 6) is 0.297. The molecule has 0 aromatic heterocycles. The molecule has 0 fully saturated rings. The molecule has 0 saturated heterocycles. The van der Waals surface area contributed by atoms with Gasteiger partial charge in [0.05, 0.1) is 0 Å². The second-order valence-electron chi connectivity index (χ2n) is 5.58. The Hall–Kier alpha value is -0.370. The maximum atomic E-state index is 12.0. The average Bonchev–Trinajstić information content (AvgIpc) is 2.10. The summed E-state index contributed by atoms with van der Waals surface area (Å²) in [6.07, 6.45) is 5.27. The Bertz CT molecular complexity index is 201. The fourth-order valence-corrected chi connectivity index (χ4v) is 1.38. The standard InChI is InChI=1S/C13H27NO/c1-6-7-8-9-10-11(15)12(2,3)13(4,5)14/h6-10,14H2,1-5H3. The van der Waals surface area contributed by atoms with Gasteiger partial charge in [0, 0.05) is 17.4 Å². The molecule has 0 rings (SSSR count). The van der Waals surface area contributed by atoms with Gasteiger partial charge in [0.1, 0.15) is 5.78 Å². The molecule has 0 bridgehead atoms. The van der Waals surface area contributed by atoms with E-state index in [1.54, 1.807) is 0 Å². The van der Waals surface area contributed by atoms with E-state index in [-0.39, 0.29) is 0 Å². The molecule has 2 nitrogen and oxygen atoms in total. The molecule has 0 aliphatic heterocycles. The minimum Gasteiger partial charge on any atom is -0.325 e. The minimum atomic E-state index is -0.436. The summed E-state index contributed by atoms with van der Waals surface area (Å²) in [7, 11) is 0. The van der Waals surface area contributed by atoms with E-state index in [0.717, 1.165) is 12.8 Å². The van der Waals surface area contributed by atoms with Crippen LogP contribution in [0.5, 0.6) is 0 Å². The lowest BCUT2D eigenvalue weighted by molar-refractivity contribution is -0.130. The van der Waals surface area contributed by atoms with Gasteiger partial charge in [-0.25, -0.2) is 0 Å². The summed E-state index contributed by atoms with van der Waals surface area (Å²) in [6.45, 7) is 9.94. The Balaban J connectivity index is 4.10. The topological polar surface area (TPSA) is 43.1 Å². The summed E-state index contributed by atoms with van der Waals surface area (Å²) in [5.41, 5.74) is 5.17. The SMILES string of the molecule is CCCCCCC(=O)C(C)(C)C(C)(C)N. The molecular formula is C13H27NO. The molecule has 0 aliphatic rings. The van der Waals surface area contributed by atoms with Crippen LogP contribution in [0.4, 0.5) is 0 Å². The molecule has 0 aromatic rings. The van der Waals surface area contributed by atoms with Crippen molar-refractivity contribution in [3.05, 3.63) is 0 Å². The van der Waals surface area contributed by atoms with Gasteiger partial charge in [0.15, 0.2) is 0 Å². The number of nitrogens with two attached hydrogens (primary N) is 1. The van der Waals surface area contributed by atoms with E-state index in [1.807, 2.05) is 27.7 Å². The lowest BCUT2D eigenvalue weighted by Gasteiger charge is -2.37. The van der Waals surface area contributed by atoms with E-state index in [1.165, 1.54) is 12.8 Å². The Morgan fingerprint density at radius 2 is 1.60 bits per heavy atom. The molecule has 0 atom stereocenters. The van der Waals surface area contributed by atoms with Gasteiger partial charge in [0.2, 0.25) is 0 Å². The molecule has 0 aliphatic carbocycles. The monoisotopic (exact) mass is 213 g/mol. The molecular weight excluding hydrogens is 186 g/mol. The van der Waals surface area contributed by atoms with E-state index in [0.29, 0.717) is 12.2 Å². The van der Waals surface area contributed by atoms with Crippen LogP contribution in [0.1, 0.15) is 66.7 Å². The van der Waals surface area contributed by atoms with Crippen LogP contribution in [0.3, 0.4) is 0 Å².